The van der Waals surface area contributed by atoms with Gasteiger partial charge in [0.1, 0.15) is 75.1 Å². The number of rotatable bonds is 27. The highest BCUT2D eigenvalue weighted by atomic mass is 32.2. The minimum atomic E-state index is -1.20. The molecule has 7 aromatic heterocycles. The van der Waals surface area contributed by atoms with Gasteiger partial charge in [0.15, 0.2) is 53.2 Å². The van der Waals surface area contributed by atoms with E-state index in [1.54, 1.807) is 11.2 Å². The number of aliphatic imine (C=N–C) groups is 1. The highest BCUT2D eigenvalue weighted by Crippen LogP contribution is 2.51. The maximum atomic E-state index is 12.9. The summed E-state index contributed by atoms with van der Waals surface area (Å²) in [5.41, 5.74) is 15.2. The molecule has 16 atom stereocenters. The Balaban J connectivity index is 0.000000197. The first kappa shape index (κ1) is 94.1. The summed E-state index contributed by atoms with van der Waals surface area (Å²) in [4.78, 5) is 167. The first-order valence-electron chi connectivity index (χ1n) is 36.8. The van der Waals surface area contributed by atoms with Gasteiger partial charge in [0.05, 0.1) is 49.4 Å². The second-order valence-electron chi connectivity index (χ2n) is 28.0. The summed E-state index contributed by atoms with van der Waals surface area (Å²) in [5, 5.41) is 10.1. The van der Waals surface area contributed by atoms with Gasteiger partial charge in [-0.1, -0.05) is 119 Å². The lowest BCUT2D eigenvalue weighted by molar-refractivity contribution is -0.158. The number of aliphatic hydroxyl groups excluding tert-OH is 1. The van der Waals surface area contributed by atoms with Crippen LogP contribution in [-0.4, -0.2) is 235 Å². The number of aliphatic hydroxyl groups is 1. The van der Waals surface area contributed by atoms with Crippen LogP contribution < -0.4 is 59.0 Å². The molecule has 6 aliphatic rings. The molecule has 5 aliphatic heterocycles. The van der Waals surface area contributed by atoms with E-state index < -0.39 is 117 Å². The van der Waals surface area contributed by atoms with Crippen molar-refractivity contribution in [2.24, 2.45) is 16.8 Å². The van der Waals surface area contributed by atoms with E-state index in [2.05, 4.69) is 64.9 Å². The monoisotopic (exact) mass is 1730 g/mol. The Morgan fingerprint density at radius 1 is 0.627 bits per heavy atom. The van der Waals surface area contributed by atoms with Crippen LogP contribution in [0.2, 0.25) is 0 Å². The van der Waals surface area contributed by atoms with E-state index in [-0.39, 0.29) is 149 Å². The van der Waals surface area contributed by atoms with Crippen molar-refractivity contribution >= 4 is 137 Å². The molecule has 650 valence electrons. The lowest BCUT2D eigenvalue weighted by atomic mass is 10.0. The molecule has 11 N–H and O–H groups in total. The van der Waals surface area contributed by atoms with Crippen molar-refractivity contribution in [2.75, 3.05) is 90.1 Å². The Morgan fingerprint density at radius 3 is 1.52 bits per heavy atom. The number of aromatic nitrogens is 11. The number of ether oxygens (including phenoxy) is 13. The van der Waals surface area contributed by atoms with Crippen molar-refractivity contribution in [3.63, 3.8) is 0 Å². The van der Waals surface area contributed by atoms with E-state index in [1.165, 1.54) is 64.7 Å². The molecule has 12 heterocycles. The van der Waals surface area contributed by atoms with Gasteiger partial charge in [-0.05, 0) is 26.7 Å². The quantitative estimate of drug-likeness (QED) is 0.00899. The number of carbonyl (C=O) groups is 4. The fraction of sp³-hybridized carbons (Fsp3) is 0.611. The predicted molar refractivity (Wildman–Crippen MR) is 438 cm³/mol. The Kier molecular flexibility index (Phi) is 32.7. The average Bonchev–Trinajstić information content (AvgIpc) is 1.59. The van der Waals surface area contributed by atoms with E-state index in [0.29, 0.717) is 40.0 Å². The fourth-order valence-corrected chi connectivity index (χ4v) is 17.6. The molecule has 0 radical (unpaired) electrons. The summed E-state index contributed by atoms with van der Waals surface area (Å²) in [5.74, 6) is -2.64. The average molecular weight is 1730 g/mol. The zero-order chi connectivity index (χ0) is 84.5. The van der Waals surface area contributed by atoms with Crippen molar-refractivity contribution in [3.8, 4) is 0 Å². The Morgan fingerprint density at radius 2 is 1.08 bits per heavy atom. The molecule has 13 rings (SSSR count). The van der Waals surface area contributed by atoms with Crippen LogP contribution in [0.15, 0.2) is 67.7 Å². The number of carbonyl (C=O) groups excluding carboxylic acids is 4. The lowest BCUT2D eigenvalue weighted by Gasteiger charge is -2.31. The highest BCUT2D eigenvalue weighted by Gasteiger charge is 2.57. The highest BCUT2D eigenvalue weighted by molar-refractivity contribution is 8.03. The molecule has 0 unspecified atom stereocenters. The minimum Gasteiger partial charge on any atom is -0.463 e. The van der Waals surface area contributed by atoms with Crippen molar-refractivity contribution < 1.29 is 85.9 Å². The molecule has 42 nitrogen and oxygen atoms in total. The zero-order valence-electron chi connectivity index (χ0n) is 65.6. The summed E-state index contributed by atoms with van der Waals surface area (Å²) < 4.78 is 77.2. The van der Waals surface area contributed by atoms with Crippen molar-refractivity contribution in [1.29, 1.82) is 0 Å². The number of nitrogens with two attached hydrogens (primary N) is 3. The van der Waals surface area contributed by atoms with Gasteiger partial charge in [-0.3, -0.25) is 86.4 Å². The molecular weight excluding hydrogens is 1630 g/mol. The molecule has 1 aliphatic carbocycles. The largest absolute Gasteiger partial charge is 0.463 e. The third-order valence-electron chi connectivity index (χ3n) is 18.9. The van der Waals surface area contributed by atoms with Crippen LogP contribution in [-0.2, 0) is 80.8 Å². The number of nitrogens with one attached hydrogen (secondary N) is 4. The van der Waals surface area contributed by atoms with Crippen LogP contribution in [0.25, 0.3) is 31.0 Å². The van der Waals surface area contributed by atoms with E-state index in [1.807, 2.05) is 45.8 Å². The number of aromatic amines is 4. The number of fused-ring (bicyclic) bond motifs is 5. The second-order valence-corrected chi connectivity index (χ2v) is 32.0. The molecule has 0 spiro atoms. The number of nitrogens with zero attached hydrogens (tertiary/aromatic N) is 10. The molecule has 0 aromatic carbocycles. The normalized spacial score (nSPS) is 25.2. The number of methoxy groups -OCH3 is 2. The number of thioether (sulfide) groups is 1. The number of hydrogen-bond donors (Lipinski definition) is 8. The number of esters is 4. The van der Waals surface area contributed by atoms with Gasteiger partial charge in [0, 0.05) is 74.5 Å². The van der Waals surface area contributed by atoms with E-state index in [9.17, 15) is 57.8 Å². The summed E-state index contributed by atoms with van der Waals surface area (Å²) in [6.07, 6.45) is 0.881. The maximum absolute atomic E-state index is 12.9. The molecule has 7 aromatic rings. The van der Waals surface area contributed by atoms with E-state index in [0.717, 1.165) is 64.0 Å². The molecular formula is C72H103N17O25S4. The summed E-state index contributed by atoms with van der Waals surface area (Å²) in [7, 11) is 6.71. The van der Waals surface area contributed by atoms with Gasteiger partial charge in [-0.15, -0.1) is 6.58 Å². The lowest BCUT2D eigenvalue weighted by Crippen LogP contribution is -2.41. The van der Waals surface area contributed by atoms with Crippen molar-refractivity contribution in [3.05, 3.63) is 94.7 Å². The fourth-order valence-electron chi connectivity index (χ4n) is 14.1. The number of nitrogen functional groups attached to an aromatic ring is 3. The van der Waals surface area contributed by atoms with Crippen molar-refractivity contribution in [2.45, 2.75) is 212 Å². The maximum Gasteiger partial charge on any atom is 0.311 e. The first-order valence-corrected chi connectivity index (χ1v) is 40.0. The Labute approximate surface area is 690 Å². The molecule has 4 saturated heterocycles. The second kappa shape index (κ2) is 41.0. The van der Waals surface area contributed by atoms with Gasteiger partial charge < -0.3 is 93.7 Å². The van der Waals surface area contributed by atoms with Gasteiger partial charge in [0.25, 0.3) is 22.2 Å². The Hall–Kier alpha value is -9.43. The molecule has 0 amide bonds. The number of unbranched alkanes of at least 4 members (excludes halogenated alkanes) is 5. The van der Waals surface area contributed by atoms with Crippen molar-refractivity contribution in [1.82, 2.24) is 58.5 Å². The molecule has 1 saturated carbocycles. The van der Waals surface area contributed by atoms with Gasteiger partial charge in [-0.25, -0.2) is 4.99 Å². The Bertz CT molecular complexity index is 5200. The van der Waals surface area contributed by atoms with Crippen LogP contribution in [0, 0.1) is 11.8 Å². The number of thiazole rings is 3. The summed E-state index contributed by atoms with van der Waals surface area (Å²) in [6, 6.07) is -0.0454. The van der Waals surface area contributed by atoms with Gasteiger partial charge in [0.2, 0.25) is 23.8 Å². The minimum absolute atomic E-state index is 0. The third-order valence-corrected chi connectivity index (χ3v) is 22.7. The van der Waals surface area contributed by atoms with E-state index in [4.69, 9.17) is 78.8 Å². The van der Waals surface area contributed by atoms with Crippen LogP contribution in [0.4, 0.5) is 29.6 Å². The summed E-state index contributed by atoms with van der Waals surface area (Å²) in [6.45, 7) is 21.0. The topological polar surface area (TPSA) is 554 Å². The van der Waals surface area contributed by atoms with Crippen LogP contribution in [0.3, 0.4) is 0 Å². The number of H-pyrrole nitrogens is 4. The molecule has 0 bridgehead atoms. The first-order chi connectivity index (χ1) is 55.1. The van der Waals surface area contributed by atoms with Crippen LogP contribution in [0.5, 0.6) is 0 Å². The van der Waals surface area contributed by atoms with Gasteiger partial charge >= 0.3 is 38.5 Å². The SMILES string of the molecule is C.C.C=C[C@H]1C[C@@H](N2C(=C)Sc3c2nc(N=CN(C)C)[nH]c3=O)[C@@H]2OC(C)(C)O[C@@H]21.CCCCCCCCO[C@@H]1[C@@H](OC(C)=O)[C@H](n2c(=O)sc3c(=O)[nH]c(N)nc32)O[C@@H]1COC(C)=O.COCCO[C@@H]1[C@@H](OC(C)=O)[C@H](n2c(=O)sc3c(=O)[nH]c(N)nc32)O[C@@H]1COC(C)=O.CO[C@@H]1[C@@H](C)[C@H](n2c(=O)sc3c(=O)[nH]c(N)nc32)O[C@@H]1CO. The zero-order valence-corrected chi connectivity index (χ0v) is 68.8. The number of anilines is 4. The molecule has 118 heavy (non-hydrogen) atoms. The predicted octanol–water partition coefficient (Wildman–Crippen LogP) is 4.03. The molecule has 46 heteroatoms. The standard InChI is InChI=1S/C22H32N4O8S.C19H25N5O3S.C17H22N4O9S.C12H16N4O5S.2CH4/c1-4-5-6-7-8-9-10-31-15-14(11-32-12(2)27)34-20(16(15)33-13(3)28)26-18-17(35-22(26)30)19(29)25-21(23)24-18;1-7-11-8-12(14-13(11)26-19(3,4)27-14)24-10(2)28-15-16(24)21-18(22-17(15)25)20-9-23(5)6;1-7(22)28-6-9-10(27-5-4-26-3)11(29-8(2)23)15(30-9)21-13-12(31-17(21)25)14(24)20-16(18)19-13;1-4-6(20-2)5(3-17)21-10(4)16-8-7(22-12(16)19)9(18)15-11(13)14-8;;/h14-16,20H,4-11H2,1-3H3,(H3,23,24,25,29);7,9,11-14H,1-2,8H2,3-6H3,(H,21,22,25);9-11,15H,4-6H2,1-3H3,(H3,18,19,20,24);4-6,10,17H,3H2,1-2H3,(H3,13,14,15,18);2*1H4/t14-,15+,16-,20-;11-,12+,13+,14-;9-,10+,11-,15-;4-,5-,6-,10-;;/m1011../s1. The van der Waals surface area contributed by atoms with Crippen LogP contribution in [0.1, 0.15) is 134 Å². The summed E-state index contributed by atoms with van der Waals surface area (Å²) >= 11 is 3.43. The van der Waals surface area contributed by atoms with Gasteiger partial charge in [-0.2, -0.15) is 19.9 Å². The molecule has 5 fully saturated rings. The number of hydrogen-bond acceptors (Lipinski definition) is 38. The van der Waals surface area contributed by atoms with Crippen LogP contribution >= 0.6 is 45.8 Å². The van der Waals surface area contributed by atoms with E-state index >= 15 is 0 Å². The third kappa shape index (κ3) is 21.4. The smallest absolute Gasteiger partial charge is 0.311 e.